The average Bonchev–Trinajstić information content (AvgIpc) is 3.57. The lowest BCUT2D eigenvalue weighted by atomic mass is 9.86. The Morgan fingerprint density at radius 3 is 2.62 bits per heavy atom. The predicted octanol–water partition coefficient (Wildman–Crippen LogP) is 5.59. The third kappa shape index (κ3) is 3.72. The first-order chi connectivity index (χ1) is 16.6. The van der Waals surface area contributed by atoms with Crippen LogP contribution < -0.4 is 14.8 Å². The Morgan fingerprint density at radius 1 is 1.09 bits per heavy atom. The predicted molar refractivity (Wildman–Crippen MR) is 132 cm³/mol. The lowest BCUT2D eigenvalue weighted by Crippen LogP contribution is -2.24. The summed E-state index contributed by atoms with van der Waals surface area (Å²) in [6.07, 6.45) is 5.46. The molecule has 6 rings (SSSR count). The van der Waals surface area contributed by atoms with Crippen LogP contribution in [0.25, 0.3) is 15.3 Å². The van der Waals surface area contributed by atoms with Crippen LogP contribution in [-0.4, -0.2) is 33.9 Å². The molecule has 1 atom stereocenters. The number of carbonyl (C=O) groups excluding carboxylic acids is 1. The number of rotatable bonds is 5. The lowest BCUT2D eigenvalue weighted by Gasteiger charge is -2.24. The van der Waals surface area contributed by atoms with E-state index in [9.17, 15) is 4.79 Å². The van der Waals surface area contributed by atoms with E-state index in [1.54, 1.807) is 11.8 Å². The second kappa shape index (κ2) is 8.43. The van der Waals surface area contributed by atoms with E-state index in [-0.39, 0.29) is 11.8 Å². The zero-order chi connectivity index (χ0) is 23.2. The van der Waals surface area contributed by atoms with Crippen LogP contribution in [0.1, 0.15) is 54.8 Å². The SMILES string of the molecule is COc1ccc2nc(-n3nc(C)c4c3NC(=O)C[C@H]4c3ccc(OC4CCCC4)cc3)sc2c1. The van der Waals surface area contributed by atoms with Gasteiger partial charge in [-0.25, -0.2) is 4.98 Å². The van der Waals surface area contributed by atoms with Crippen LogP contribution in [0.15, 0.2) is 42.5 Å². The molecule has 1 aliphatic carbocycles. The van der Waals surface area contributed by atoms with Gasteiger partial charge in [-0.2, -0.15) is 9.78 Å². The molecule has 0 bridgehead atoms. The summed E-state index contributed by atoms with van der Waals surface area (Å²) in [6, 6.07) is 14.0. The Morgan fingerprint density at radius 2 is 1.85 bits per heavy atom. The van der Waals surface area contributed by atoms with Gasteiger partial charge in [-0.15, -0.1) is 0 Å². The molecule has 34 heavy (non-hydrogen) atoms. The summed E-state index contributed by atoms with van der Waals surface area (Å²) < 4.78 is 14.2. The van der Waals surface area contributed by atoms with Crippen molar-refractivity contribution in [1.29, 1.82) is 0 Å². The molecule has 1 saturated carbocycles. The fourth-order valence-corrected chi connectivity index (χ4v) is 6.01. The van der Waals surface area contributed by atoms with Gasteiger partial charge in [0, 0.05) is 17.9 Å². The summed E-state index contributed by atoms with van der Waals surface area (Å²) in [5.74, 6) is 2.31. The van der Waals surface area contributed by atoms with Gasteiger partial charge in [-0.05, 0) is 68.5 Å². The molecule has 1 aliphatic heterocycles. The van der Waals surface area contributed by atoms with Crippen molar-refractivity contribution in [3.05, 3.63) is 59.3 Å². The number of thiazole rings is 1. The van der Waals surface area contributed by atoms with E-state index in [1.807, 2.05) is 37.3 Å². The molecule has 2 aromatic carbocycles. The summed E-state index contributed by atoms with van der Waals surface area (Å²) in [5, 5.41) is 8.56. The first-order valence-electron chi connectivity index (χ1n) is 11.7. The number of carbonyl (C=O) groups is 1. The van der Waals surface area contributed by atoms with E-state index < -0.39 is 0 Å². The Kier molecular flexibility index (Phi) is 5.25. The smallest absolute Gasteiger partial charge is 0.226 e. The Bertz CT molecular complexity index is 1370. The highest BCUT2D eigenvalue weighted by Crippen LogP contribution is 2.41. The molecule has 0 saturated heterocycles. The molecule has 174 valence electrons. The number of methoxy groups -OCH3 is 1. The van der Waals surface area contributed by atoms with Gasteiger partial charge in [0.15, 0.2) is 0 Å². The summed E-state index contributed by atoms with van der Waals surface area (Å²) in [4.78, 5) is 17.5. The van der Waals surface area contributed by atoms with Crippen molar-refractivity contribution in [1.82, 2.24) is 14.8 Å². The minimum atomic E-state index is -0.0625. The molecule has 1 fully saturated rings. The van der Waals surface area contributed by atoms with E-state index in [2.05, 4.69) is 17.4 Å². The number of nitrogens with zero attached hydrogens (tertiary/aromatic N) is 3. The van der Waals surface area contributed by atoms with Gasteiger partial charge in [0.1, 0.15) is 17.3 Å². The maximum absolute atomic E-state index is 12.7. The summed E-state index contributed by atoms with van der Waals surface area (Å²) in [6.45, 7) is 1.99. The van der Waals surface area contributed by atoms with Crippen LogP contribution in [0.5, 0.6) is 11.5 Å². The minimum Gasteiger partial charge on any atom is -0.497 e. The number of hydrogen-bond acceptors (Lipinski definition) is 6. The fraction of sp³-hybridized carbons (Fsp3) is 0.346. The Hall–Kier alpha value is -3.39. The number of aromatic nitrogens is 3. The number of aryl methyl sites for hydroxylation is 1. The largest absolute Gasteiger partial charge is 0.497 e. The third-order valence-electron chi connectivity index (χ3n) is 6.76. The molecule has 0 radical (unpaired) electrons. The van der Waals surface area contributed by atoms with Crippen molar-refractivity contribution in [3.63, 3.8) is 0 Å². The monoisotopic (exact) mass is 474 g/mol. The third-order valence-corrected chi connectivity index (χ3v) is 7.75. The zero-order valence-corrected chi connectivity index (χ0v) is 20.0. The van der Waals surface area contributed by atoms with Gasteiger partial charge in [0.25, 0.3) is 0 Å². The fourth-order valence-electron chi connectivity index (χ4n) is 5.06. The number of fused-ring (bicyclic) bond motifs is 2. The maximum Gasteiger partial charge on any atom is 0.226 e. The number of nitrogens with one attached hydrogen (secondary N) is 1. The first kappa shape index (κ1) is 21.2. The minimum absolute atomic E-state index is 0.0206. The van der Waals surface area contributed by atoms with Crippen molar-refractivity contribution in [2.45, 2.75) is 51.0 Å². The summed E-state index contributed by atoms with van der Waals surface area (Å²) in [5.41, 5.74) is 3.90. The Labute approximate surface area is 201 Å². The maximum atomic E-state index is 12.7. The quantitative estimate of drug-likeness (QED) is 0.408. The highest BCUT2D eigenvalue weighted by Gasteiger charge is 2.33. The van der Waals surface area contributed by atoms with E-state index in [0.717, 1.165) is 51.4 Å². The van der Waals surface area contributed by atoms with Crippen molar-refractivity contribution in [2.24, 2.45) is 0 Å². The molecular weight excluding hydrogens is 448 g/mol. The molecule has 4 aromatic rings. The van der Waals surface area contributed by atoms with Gasteiger partial charge in [0.2, 0.25) is 11.0 Å². The highest BCUT2D eigenvalue weighted by atomic mass is 32.1. The zero-order valence-electron chi connectivity index (χ0n) is 19.2. The molecule has 8 heteroatoms. The van der Waals surface area contributed by atoms with Gasteiger partial charge < -0.3 is 14.8 Å². The van der Waals surface area contributed by atoms with Gasteiger partial charge in [0.05, 0.1) is 29.1 Å². The van der Waals surface area contributed by atoms with Crippen LogP contribution in [0.3, 0.4) is 0 Å². The Balaban J connectivity index is 1.35. The van der Waals surface area contributed by atoms with Crippen molar-refractivity contribution < 1.29 is 14.3 Å². The van der Waals surface area contributed by atoms with Crippen LogP contribution in [0, 0.1) is 6.92 Å². The number of hydrogen-bond donors (Lipinski definition) is 1. The molecule has 7 nitrogen and oxygen atoms in total. The van der Waals surface area contributed by atoms with Gasteiger partial charge in [-0.1, -0.05) is 23.5 Å². The normalized spacial score (nSPS) is 18.2. The second-order valence-corrected chi connectivity index (χ2v) is 10.00. The molecule has 2 aliphatic rings. The number of anilines is 1. The molecule has 0 unspecified atom stereocenters. The van der Waals surface area contributed by atoms with E-state index in [4.69, 9.17) is 19.6 Å². The summed E-state index contributed by atoms with van der Waals surface area (Å²) >= 11 is 1.52. The topological polar surface area (TPSA) is 78.3 Å². The summed E-state index contributed by atoms with van der Waals surface area (Å²) in [7, 11) is 1.65. The van der Waals surface area contributed by atoms with E-state index in [1.165, 1.54) is 24.2 Å². The van der Waals surface area contributed by atoms with Gasteiger partial charge >= 0.3 is 0 Å². The van der Waals surface area contributed by atoms with Crippen LogP contribution in [-0.2, 0) is 4.79 Å². The first-order valence-corrected chi connectivity index (χ1v) is 12.5. The van der Waals surface area contributed by atoms with Gasteiger partial charge in [-0.3, -0.25) is 4.79 Å². The van der Waals surface area contributed by atoms with Crippen molar-refractivity contribution in [2.75, 3.05) is 12.4 Å². The molecular formula is C26H26N4O3S. The molecule has 3 heterocycles. The lowest BCUT2D eigenvalue weighted by molar-refractivity contribution is -0.116. The molecule has 0 spiro atoms. The molecule has 1 N–H and O–H groups in total. The number of benzene rings is 2. The van der Waals surface area contributed by atoms with Crippen LogP contribution in [0.4, 0.5) is 5.82 Å². The highest BCUT2D eigenvalue weighted by molar-refractivity contribution is 7.20. The number of ether oxygens (including phenoxy) is 2. The number of amides is 1. The second-order valence-electron chi connectivity index (χ2n) is 8.99. The van der Waals surface area contributed by atoms with E-state index in [0.29, 0.717) is 23.5 Å². The molecule has 1 amide bonds. The van der Waals surface area contributed by atoms with E-state index >= 15 is 0 Å². The van der Waals surface area contributed by atoms with Crippen LogP contribution in [0.2, 0.25) is 0 Å². The van der Waals surface area contributed by atoms with Crippen molar-refractivity contribution in [3.8, 4) is 16.6 Å². The standard InChI is InChI=1S/C26H26N4O3S/c1-15-24-20(16-7-9-18(10-8-16)33-17-5-3-4-6-17)14-23(31)28-25(24)30(29-15)26-27-21-12-11-19(32-2)13-22(21)34-26/h7-13,17,20H,3-6,14H2,1-2H3,(H,28,31)/t20-/m0/s1. The molecule has 2 aromatic heterocycles. The van der Waals surface area contributed by atoms with Crippen molar-refractivity contribution >= 4 is 33.3 Å². The average molecular weight is 475 g/mol. The van der Waals surface area contributed by atoms with Crippen LogP contribution >= 0.6 is 11.3 Å².